The van der Waals surface area contributed by atoms with E-state index in [-0.39, 0.29) is 18.6 Å². The van der Waals surface area contributed by atoms with Crippen molar-refractivity contribution in [1.29, 1.82) is 0 Å². The molecule has 3 rings (SSSR count). The molecule has 2 aromatic rings. The fourth-order valence-corrected chi connectivity index (χ4v) is 3.08. The number of likely N-dealkylation sites (tertiary alicyclic amines) is 1. The summed E-state index contributed by atoms with van der Waals surface area (Å²) in [4.78, 5) is 14.3. The van der Waals surface area contributed by atoms with Crippen molar-refractivity contribution in [3.63, 3.8) is 0 Å². The number of aliphatic hydroxyl groups is 1. The van der Waals surface area contributed by atoms with Gasteiger partial charge in [-0.15, -0.1) is 0 Å². The van der Waals surface area contributed by atoms with E-state index in [1.807, 2.05) is 18.2 Å². The molecule has 0 unspecified atom stereocenters. The molecule has 0 bridgehead atoms. The minimum Gasteiger partial charge on any atom is -0.472 e. The molecule has 2 heterocycles. The molecule has 122 valence electrons. The number of hydrogen-bond donors (Lipinski definition) is 2. The maximum atomic E-state index is 12.0. The zero-order valence-electron chi connectivity index (χ0n) is 13.1. The molecule has 2 N–H and O–H groups in total. The van der Waals surface area contributed by atoms with Crippen LogP contribution in [0.4, 0.5) is 0 Å². The van der Waals surface area contributed by atoms with Gasteiger partial charge in [0.05, 0.1) is 18.4 Å². The highest BCUT2D eigenvalue weighted by Gasteiger charge is 2.24. The Hall–Kier alpha value is -2.11. The maximum absolute atomic E-state index is 12.0. The first-order valence-electron chi connectivity index (χ1n) is 8.00. The van der Waals surface area contributed by atoms with Crippen LogP contribution in [0, 0.1) is 0 Å². The van der Waals surface area contributed by atoms with Crippen molar-refractivity contribution >= 4 is 5.91 Å². The molecule has 1 saturated heterocycles. The van der Waals surface area contributed by atoms with Crippen LogP contribution >= 0.6 is 0 Å². The van der Waals surface area contributed by atoms with E-state index >= 15 is 0 Å². The zero-order valence-corrected chi connectivity index (χ0v) is 13.1. The van der Waals surface area contributed by atoms with Crippen molar-refractivity contribution < 1.29 is 14.3 Å². The van der Waals surface area contributed by atoms with Gasteiger partial charge in [-0.05, 0) is 36.6 Å². The Labute approximate surface area is 135 Å². The number of carbonyl (C=O) groups excluding carboxylic acids is 1. The summed E-state index contributed by atoms with van der Waals surface area (Å²) in [6.07, 6.45) is 5.11. The van der Waals surface area contributed by atoms with Crippen LogP contribution < -0.4 is 5.32 Å². The van der Waals surface area contributed by atoms with Gasteiger partial charge in [0.2, 0.25) is 0 Å². The number of furan rings is 1. The third-order valence-electron chi connectivity index (χ3n) is 4.42. The van der Waals surface area contributed by atoms with Gasteiger partial charge >= 0.3 is 0 Å². The molecule has 0 saturated carbocycles. The molecule has 1 amide bonds. The van der Waals surface area contributed by atoms with Crippen LogP contribution in [0.25, 0.3) is 0 Å². The van der Waals surface area contributed by atoms with E-state index in [1.54, 1.807) is 6.07 Å². The molecule has 5 nitrogen and oxygen atoms in total. The average Bonchev–Trinajstić information content (AvgIpc) is 3.25. The maximum Gasteiger partial charge on any atom is 0.254 e. The highest BCUT2D eigenvalue weighted by Crippen LogP contribution is 2.21. The second-order valence-electron chi connectivity index (χ2n) is 5.91. The fourth-order valence-electron chi connectivity index (χ4n) is 3.08. The van der Waals surface area contributed by atoms with Gasteiger partial charge in [0.15, 0.2) is 0 Å². The van der Waals surface area contributed by atoms with Crippen molar-refractivity contribution in [2.24, 2.45) is 0 Å². The van der Waals surface area contributed by atoms with E-state index < -0.39 is 0 Å². The van der Waals surface area contributed by atoms with Gasteiger partial charge in [-0.25, -0.2) is 0 Å². The highest BCUT2D eigenvalue weighted by molar-refractivity contribution is 5.93. The number of nitrogens with zero attached hydrogens (tertiary/aromatic N) is 1. The number of hydrogen-bond acceptors (Lipinski definition) is 4. The van der Waals surface area contributed by atoms with Gasteiger partial charge in [0, 0.05) is 19.1 Å². The van der Waals surface area contributed by atoms with Gasteiger partial charge in [0.25, 0.3) is 5.91 Å². The average molecular weight is 314 g/mol. The van der Waals surface area contributed by atoms with Gasteiger partial charge in [0.1, 0.15) is 6.26 Å². The lowest BCUT2D eigenvalue weighted by Gasteiger charge is -2.24. The third-order valence-corrected chi connectivity index (χ3v) is 4.42. The summed E-state index contributed by atoms with van der Waals surface area (Å²) in [5.41, 5.74) is 2.83. The number of carbonyl (C=O) groups is 1. The summed E-state index contributed by atoms with van der Waals surface area (Å²) in [6, 6.07) is 10.0. The number of amides is 1. The summed E-state index contributed by atoms with van der Waals surface area (Å²) in [6.45, 7) is 2.52. The van der Waals surface area contributed by atoms with Crippen molar-refractivity contribution in [3.8, 4) is 0 Å². The van der Waals surface area contributed by atoms with Crippen molar-refractivity contribution in [2.75, 3.05) is 13.2 Å². The first-order valence-corrected chi connectivity index (χ1v) is 8.00. The molecule has 1 aromatic heterocycles. The number of benzene rings is 1. The predicted molar refractivity (Wildman–Crippen MR) is 86.8 cm³/mol. The monoisotopic (exact) mass is 314 g/mol. The molecule has 1 aliphatic rings. The lowest BCUT2D eigenvalue weighted by molar-refractivity contribution is 0.0950. The molecule has 5 heteroatoms. The Bertz CT molecular complexity index is 639. The van der Waals surface area contributed by atoms with Crippen molar-refractivity contribution in [3.05, 3.63) is 59.5 Å². The van der Waals surface area contributed by atoms with Crippen molar-refractivity contribution in [2.45, 2.75) is 32.0 Å². The predicted octanol–water partition coefficient (Wildman–Crippen LogP) is 2.17. The molecule has 1 aromatic carbocycles. The lowest BCUT2D eigenvalue weighted by atomic mass is 10.1. The number of rotatable bonds is 6. The van der Waals surface area contributed by atoms with Crippen LogP contribution in [-0.4, -0.2) is 35.1 Å². The Morgan fingerprint density at radius 2 is 2.13 bits per heavy atom. The standard InChI is InChI=1S/C18H22N2O3/c21-12-17-6-3-8-20(17)11-15-5-2-1-4-14(15)10-19-18(22)16-7-9-23-13-16/h1-2,4-5,7,9,13,17,21H,3,6,8,10-12H2,(H,19,22)/t17-/m1/s1. The summed E-state index contributed by atoms with van der Waals surface area (Å²) >= 11 is 0. The lowest BCUT2D eigenvalue weighted by Crippen LogP contribution is -2.32. The van der Waals surface area contributed by atoms with Crippen LogP contribution in [0.2, 0.25) is 0 Å². The summed E-state index contributed by atoms with van der Waals surface area (Å²) < 4.78 is 4.93. The SMILES string of the molecule is O=C(NCc1ccccc1CN1CCC[C@@H]1CO)c1ccoc1. The fraction of sp³-hybridized carbons (Fsp3) is 0.389. The Morgan fingerprint density at radius 1 is 1.30 bits per heavy atom. The third kappa shape index (κ3) is 3.81. The largest absolute Gasteiger partial charge is 0.472 e. The van der Waals surface area contributed by atoms with Crippen LogP contribution in [0.1, 0.15) is 34.3 Å². The normalized spacial score (nSPS) is 18.2. The van der Waals surface area contributed by atoms with E-state index in [0.29, 0.717) is 12.1 Å². The van der Waals surface area contributed by atoms with Gasteiger partial charge in [-0.1, -0.05) is 24.3 Å². The van der Waals surface area contributed by atoms with Crippen LogP contribution in [0.3, 0.4) is 0 Å². The Morgan fingerprint density at radius 3 is 2.87 bits per heavy atom. The summed E-state index contributed by atoms with van der Waals surface area (Å²) in [7, 11) is 0. The van der Waals surface area contributed by atoms with Gasteiger partial charge in [-0.2, -0.15) is 0 Å². The molecule has 1 aliphatic heterocycles. The Balaban J connectivity index is 1.65. The summed E-state index contributed by atoms with van der Waals surface area (Å²) in [5, 5.41) is 12.4. The van der Waals surface area contributed by atoms with Crippen molar-refractivity contribution in [1.82, 2.24) is 10.2 Å². The summed E-state index contributed by atoms with van der Waals surface area (Å²) in [5.74, 6) is -0.136. The van der Waals surface area contributed by atoms with Crippen LogP contribution in [-0.2, 0) is 13.1 Å². The topological polar surface area (TPSA) is 65.7 Å². The van der Waals surface area contributed by atoms with Gasteiger partial charge in [-0.3, -0.25) is 9.69 Å². The zero-order chi connectivity index (χ0) is 16.1. The van der Waals surface area contributed by atoms with E-state index in [2.05, 4.69) is 16.3 Å². The Kier molecular flexibility index (Phi) is 5.10. The molecular weight excluding hydrogens is 292 g/mol. The number of aliphatic hydroxyl groups excluding tert-OH is 1. The molecule has 1 atom stereocenters. The number of nitrogens with one attached hydrogen (secondary N) is 1. The molecule has 0 aliphatic carbocycles. The highest BCUT2D eigenvalue weighted by atomic mass is 16.3. The van der Waals surface area contributed by atoms with E-state index in [0.717, 1.165) is 31.5 Å². The molecule has 23 heavy (non-hydrogen) atoms. The van der Waals surface area contributed by atoms with E-state index in [4.69, 9.17) is 4.42 Å². The first kappa shape index (κ1) is 15.8. The van der Waals surface area contributed by atoms with Crippen LogP contribution in [0.5, 0.6) is 0 Å². The minimum absolute atomic E-state index is 0.136. The molecule has 1 fully saturated rings. The minimum atomic E-state index is -0.136. The molecular formula is C18H22N2O3. The smallest absolute Gasteiger partial charge is 0.254 e. The first-order chi connectivity index (χ1) is 11.3. The van der Waals surface area contributed by atoms with E-state index in [1.165, 1.54) is 18.1 Å². The van der Waals surface area contributed by atoms with Crippen LogP contribution in [0.15, 0.2) is 47.3 Å². The molecule has 0 radical (unpaired) electrons. The molecule has 0 spiro atoms. The second-order valence-corrected chi connectivity index (χ2v) is 5.91. The van der Waals surface area contributed by atoms with E-state index in [9.17, 15) is 9.90 Å². The quantitative estimate of drug-likeness (QED) is 0.857. The van der Waals surface area contributed by atoms with Gasteiger partial charge < -0.3 is 14.8 Å². The second kappa shape index (κ2) is 7.44.